The normalized spacial score (nSPS) is 33.4. The van der Waals surface area contributed by atoms with Crippen molar-refractivity contribution in [2.75, 3.05) is 26.6 Å². The van der Waals surface area contributed by atoms with Gasteiger partial charge in [-0.15, -0.1) is 0 Å². The number of nitrogens with one attached hydrogen (secondary N) is 2. The number of hydrogen-bond donors (Lipinski definition) is 3. The number of esters is 1. The third-order valence-electron chi connectivity index (χ3n) is 9.20. The molecule has 3 aliphatic heterocycles. The number of alkyl carbamates (subject to hydrolysis) is 1. The van der Waals surface area contributed by atoms with E-state index in [4.69, 9.17) is 35.3 Å². The predicted molar refractivity (Wildman–Crippen MR) is 172 cm³/mol. The van der Waals surface area contributed by atoms with Crippen molar-refractivity contribution >= 4 is 41.2 Å². The number of rotatable bonds is 5. The van der Waals surface area contributed by atoms with Crippen molar-refractivity contribution in [2.45, 2.75) is 95.7 Å². The maximum Gasteiger partial charge on any atom is 0.409 e. The van der Waals surface area contributed by atoms with E-state index in [1.807, 2.05) is 13.0 Å². The van der Waals surface area contributed by atoms with Crippen molar-refractivity contribution in [3.63, 3.8) is 0 Å². The van der Waals surface area contributed by atoms with Gasteiger partial charge in [-0.25, -0.2) is 9.59 Å². The van der Waals surface area contributed by atoms with Crippen LogP contribution in [-0.4, -0.2) is 96.9 Å². The highest BCUT2D eigenvalue weighted by atomic mass is 35.5. The Hall–Kier alpha value is -3.65. The van der Waals surface area contributed by atoms with Crippen LogP contribution in [0.5, 0.6) is 5.75 Å². The quantitative estimate of drug-likeness (QED) is 0.310. The fourth-order valence-electron chi connectivity index (χ4n) is 6.08. The van der Waals surface area contributed by atoms with Crippen molar-refractivity contribution in [2.24, 2.45) is 5.92 Å². The zero-order valence-corrected chi connectivity index (χ0v) is 28.7. The fourth-order valence-corrected chi connectivity index (χ4v) is 6.31. The summed E-state index contributed by atoms with van der Waals surface area (Å²) in [6, 6.07) is 2.55. The van der Waals surface area contributed by atoms with E-state index in [1.165, 1.54) is 40.0 Å². The largest absolute Gasteiger partial charge is 0.495 e. The summed E-state index contributed by atoms with van der Waals surface area (Å²) in [5.74, 6) is -1.75. The molecule has 3 heterocycles. The van der Waals surface area contributed by atoms with Crippen LogP contribution in [0.4, 0.5) is 10.5 Å². The number of aliphatic hydroxyl groups is 1. The Balaban J connectivity index is 1.76. The van der Waals surface area contributed by atoms with Crippen LogP contribution in [0.25, 0.3) is 0 Å². The molecule has 0 aliphatic carbocycles. The molecule has 3 amide bonds. The number of likely N-dealkylation sites (N-methyl/N-ethyl adjacent to an activating group) is 1. The first-order valence-corrected chi connectivity index (χ1v) is 15.8. The van der Waals surface area contributed by atoms with E-state index in [0.717, 1.165) is 11.1 Å². The van der Waals surface area contributed by atoms with Gasteiger partial charge in [0.15, 0.2) is 5.72 Å². The van der Waals surface area contributed by atoms with Gasteiger partial charge >= 0.3 is 12.1 Å². The second-order valence-electron chi connectivity index (χ2n) is 12.7. The minimum atomic E-state index is -1.81. The van der Waals surface area contributed by atoms with Crippen LogP contribution in [0.2, 0.25) is 5.02 Å². The molecule has 0 unspecified atom stereocenters. The Morgan fingerprint density at radius 2 is 1.94 bits per heavy atom. The second-order valence-corrected chi connectivity index (χ2v) is 13.0. The van der Waals surface area contributed by atoms with Gasteiger partial charge in [0.05, 0.1) is 25.3 Å². The standard InChI is InChI=1S/C33H44ClN3O10/c1-17-10-9-11-25(44-8)33(42)16-24(45-31(41)36-33)18(2)29-32(5,47-29)26(46-30(40)19(3)37(6)20(4)38)15-27(39)35-22-13-21(12-17)14-23(43-7)28(22)34/h9-11,13-14,18-19,24-26,29,42H,12,15-16H2,1-8H3,(H,35,39)(H,36,41)/b11-9-,17-10+/t18-,19+,24+,25-,26-,29-,32+,33+/m1/s1. The van der Waals surface area contributed by atoms with Crippen molar-refractivity contribution in [1.82, 2.24) is 10.2 Å². The average Bonchev–Trinajstić information content (AvgIpc) is 3.70. The molecular formula is C33H44ClN3O10. The molecule has 2 saturated heterocycles. The maximum absolute atomic E-state index is 13.6. The third-order valence-corrected chi connectivity index (χ3v) is 9.59. The Kier molecular flexibility index (Phi) is 11.0. The maximum atomic E-state index is 13.6. The zero-order valence-electron chi connectivity index (χ0n) is 27.9. The Morgan fingerprint density at radius 3 is 2.57 bits per heavy atom. The molecule has 3 N–H and O–H groups in total. The zero-order chi connectivity index (χ0) is 34.8. The summed E-state index contributed by atoms with van der Waals surface area (Å²) in [5, 5.41) is 17.1. The van der Waals surface area contributed by atoms with E-state index < -0.39 is 65.7 Å². The molecule has 8 atom stereocenters. The van der Waals surface area contributed by atoms with E-state index in [9.17, 15) is 24.3 Å². The lowest BCUT2D eigenvalue weighted by Gasteiger charge is -2.42. The van der Waals surface area contributed by atoms with Crippen LogP contribution >= 0.6 is 11.6 Å². The summed E-state index contributed by atoms with van der Waals surface area (Å²) in [7, 11) is 4.37. The van der Waals surface area contributed by atoms with E-state index >= 15 is 0 Å². The van der Waals surface area contributed by atoms with Gasteiger partial charge in [0, 0.05) is 33.4 Å². The number of halogens is 1. The lowest BCUT2D eigenvalue weighted by molar-refractivity contribution is -0.161. The number of carbonyl (C=O) groups is 4. The van der Waals surface area contributed by atoms with E-state index in [0.29, 0.717) is 17.9 Å². The summed E-state index contributed by atoms with van der Waals surface area (Å²) in [6.07, 6.45) is 0.955. The van der Waals surface area contributed by atoms with Gasteiger partial charge in [-0.1, -0.05) is 42.3 Å². The molecule has 0 aromatic heterocycles. The van der Waals surface area contributed by atoms with Gasteiger partial charge in [-0.05, 0) is 44.9 Å². The number of hydrogen-bond acceptors (Lipinski definition) is 10. The highest BCUT2D eigenvalue weighted by molar-refractivity contribution is 6.35. The number of nitrogens with zero attached hydrogens (tertiary/aromatic N) is 1. The van der Waals surface area contributed by atoms with Gasteiger partial charge in [-0.2, -0.15) is 0 Å². The van der Waals surface area contributed by atoms with E-state index in [2.05, 4.69) is 10.6 Å². The van der Waals surface area contributed by atoms with Gasteiger partial charge in [0.1, 0.15) is 40.7 Å². The molecule has 0 radical (unpaired) electrons. The first kappa shape index (κ1) is 36.2. The SMILES string of the molecule is COc1cc2cc(c1Cl)NC(=O)C[C@@H](OC(=O)[C@H](C)N(C)C(C)=O)[C@]1(C)O[C@@H]1[C@H](C)[C@@H]1C[C@@](O)(NC(=O)O1)[C@H](OC)/C=C\C=C(/C)C2. The number of carbonyl (C=O) groups excluding carboxylic acids is 4. The number of fused-ring (bicyclic) bond motifs is 5. The Bertz CT molecular complexity index is 1470. The number of ether oxygens (including phenoxy) is 5. The second kappa shape index (κ2) is 14.2. The number of benzene rings is 1. The summed E-state index contributed by atoms with van der Waals surface area (Å²) < 4.78 is 28.7. The summed E-state index contributed by atoms with van der Waals surface area (Å²) in [5.41, 5.74) is -0.982. The van der Waals surface area contributed by atoms with Crippen LogP contribution in [0.15, 0.2) is 35.9 Å². The van der Waals surface area contributed by atoms with Crippen LogP contribution < -0.4 is 15.4 Å². The lowest BCUT2D eigenvalue weighted by atomic mass is 9.83. The highest BCUT2D eigenvalue weighted by Gasteiger charge is 2.64. The van der Waals surface area contributed by atoms with Crippen molar-refractivity contribution in [3.05, 3.63) is 46.5 Å². The number of anilines is 1. The van der Waals surface area contributed by atoms with Crippen LogP contribution in [0.3, 0.4) is 0 Å². The number of amides is 3. The fraction of sp³-hybridized carbons (Fsp3) is 0.576. The molecule has 14 heteroatoms. The molecule has 1 aromatic carbocycles. The molecule has 0 spiro atoms. The Labute approximate surface area is 279 Å². The topological polar surface area (TPSA) is 165 Å². The molecule has 2 fully saturated rings. The first-order chi connectivity index (χ1) is 22.0. The van der Waals surface area contributed by atoms with Gasteiger partial charge in [0.2, 0.25) is 11.8 Å². The molecule has 47 heavy (non-hydrogen) atoms. The van der Waals surface area contributed by atoms with Crippen molar-refractivity contribution in [1.29, 1.82) is 0 Å². The smallest absolute Gasteiger partial charge is 0.409 e. The van der Waals surface area contributed by atoms with Gasteiger partial charge in [-0.3, -0.25) is 14.9 Å². The molecule has 13 nitrogen and oxygen atoms in total. The summed E-state index contributed by atoms with van der Waals surface area (Å²) in [4.78, 5) is 52.8. The first-order valence-electron chi connectivity index (χ1n) is 15.4. The number of allylic oxidation sites excluding steroid dienone is 3. The van der Waals surface area contributed by atoms with Crippen LogP contribution in [0, 0.1) is 5.92 Å². The molecule has 4 rings (SSSR count). The van der Waals surface area contributed by atoms with Crippen molar-refractivity contribution < 1.29 is 48.0 Å². The van der Waals surface area contributed by atoms with E-state index in [-0.39, 0.29) is 23.8 Å². The number of methoxy groups -OCH3 is 2. The molecule has 3 aliphatic rings. The molecule has 0 saturated carbocycles. The summed E-state index contributed by atoms with van der Waals surface area (Å²) in [6.45, 7) is 8.24. The van der Waals surface area contributed by atoms with E-state index in [1.54, 1.807) is 38.1 Å². The molecule has 4 bridgehead atoms. The lowest BCUT2D eigenvalue weighted by Crippen LogP contribution is -2.63. The van der Waals surface area contributed by atoms with Crippen LogP contribution in [-0.2, 0) is 39.8 Å². The van der Waals surface area contributed by atoms with Gasteiger partial charge < -0.3 is 39.0 Å². The monoisotopic (exact) mass is 677 g/mol. The van der Waals surface area contributed by atoms with Gasteiger partial charge in [0.25, 0.3) is 0 Å². The van der Waals surface area contributed by atoms with Crippen molar-refractivity contribution in [3.8, 4) is 5.75 Å². The average molecular weight is 678 g/mol. The third kappa shape index (κ3) is 7.91. The summed E-state index contributed by atoms with van der Waals surface area (Å²) >= 11 is 6.59. The highest BCUT2D eigenvalue weighted by Crippen LogP contribution is 2.49. The molecule has 1 aromatic rings. The minimum absolute atomic E-state index is 0.0447. The minimum Gasteiger partial charge on any atom is -0.495 e. The predicted octanol–water partition coefficient (Wildman–Crippen LogP) is 3.51. The Morgan fingerprint density at radius 1 is 1.23 bits per heavy atom. The molecular weight excluding hydrogens is 634 g/mol. The molecule has 258 valence electrons. The van der Waals surface area contributed by atoms with Crippen LogP contribution in [0.1, 0.15) is 53.0 Å². The number of epoxide rings is 1.